The SMILES string of the molecule is CCO[Si](CCCNC(C)O)(OCC)OC(C)C(C)O. The van der Waals surface area contributed by atoms with E-state index in [1.54, 1.807) is 13.8 Å². The van der Waals surface area contributed by atoms with E-state index in [0.717, 1.165) is 6.42 Å². The zero-order chi connectivity index (χ0) is 15.6. The summed E-state index contributed by atoms with van der Waals surface area (Å²) in [5, 5.41) is 21.7. The summed E-state index contributed by atoms with van der Waals surface area (Å²) in [5.74, 6) is 0. The Morgan fingerprint density at radius 3 is 2.00 bits per heavy atom. The highest BCUT2D eigenvalue weighted by atomic mass is 28.4. The molecule has 122 valence electrons. The number of hydrogen-bond donors (Lipinski definition) is 3. The molecular formula is C13H31NO5Si. The van der Waals surface area contributed by atoms with Gasteiger partial charge in [-0.2, -0.15) is 0 Å². The van der Waals surface area contributed by atoms with Crippen LogP contribution in [0, 0.1) is 0 Å². The van der Waals surface area contributed by atoms with Gasteiger partial charge in [-0.1, -0.05) is 0 Å². The van der Waals surface area contributed by atoms with Crippen molar-refractivity contribution >= 4 is 8.80 Å². The minimum Gasteiger partial charge on any atom is -0.391 e. The molecule has 0 heterocycles. The number of aliphatic hydroxyl groups is 2. The maximum Gasteiger partial charge on any atom is 0.501 e. The second-order valence-electron chi connectivity index (χ2n) is 4.85. The summed E-state index contributed by atoms with van der Waals surface area (Å²) in [6, 6.07) is 0.658. The molecule has 0 amide bonds. The molecule has 0 aromatic heterocycles. The highest BCUT2D eigenvalue weighted by molar-refractivity contribution is 6.60. The third-order valence-corrected chi connectivity index (χ3v) is 6.03. The van der Waals surface area contributed by atoms with Gasteiger partial charge in [0.15, 0.2) is 0 Å². The van der Waals surface area contributed by atoms with Crippen molar-refractivity contribution in [3.8, 4) is 0 Å². The second-order valence-corrected chi connectivity index (χ2v) is 7.53. The number of aliphatic hydroxyl groups excluding tert-OH is 2. The zero-order valence-corrected chi connectivity index (χ0v) is 14.4. The van der Waals surface area contributed by atoms with Crippen molar-refractivity contribution in [2.24, 2.45) is 0 Å². The molecule has 3 unspecified atom stereocenters. The minimum absolute atomic E-state index is 0.329. The molecule has 0 rings (SSSR count). The first kappa shape index (κ1) is 20.0. The fourth-order valence-electron chi connectivity index (χ4n) is 1.75. The topological polar surface area (TPSA) is 80.2 Å². The van der Waals surface area contributed by atoms with Crippen LogP contribution in [0.15, 0.2) is 0 Å². The van der Waals surface area contributed by atoms with Gasteiger partial charge in [-0.25, -0.2) is 0 Å². The second kappa shape index (κ2) is 10.7. The van der Waals surface area contributed by atoms with E-state index in [4.69, 9.17) is 13.3 Å². The Bertz CT molecular complexity index is 235. The van der Waals surface area contributed by atoms with E-state index < -0.39 is 21.1 Å². The van der Waals surface area contributed by atoms with Gasteiger partial charge in [0.05, 0.1) is 12.2 Å². The lowest BCUT2D eigenvalue weighted by atomic mass is 10.3. The number of rotatable bonds is 12. The fourth-order valence-corrected chi connectivity index (χ4v) is 4.63. The zero-order valence-electron chi connectivity index (χ0n) is 13.4. The number of nitrogens with one attached hydrogen (secondary N) is 1. The summed E-state index contributed by atoms with van der Waals surface area (Å²) in [6.07, 6.45) is -0.644. The molecule has 0 spiro atoms. The fraction of sp³-hybridized carbons (Fsp3) is 1.00. The van der Waals surface area contributed by atoms with Crippen LogP contribution >= 0.6 is 0 Å². The third-order valence-electron chi connectivity index (χ3n) is 2.87. The molecule has 0 radical (unpaired) electrons. The largest absolute Gasteiger partial charge is 0.501 e. The first-order chi connectivity index (χ1) is 9.37. The van der Waals surface area contributed by atoms with Crippen LogP contribution in [-0.4, -0.2) is 57.2 Å². The van der Waals surface area contributed by atoms with Crippen molar-refractivity contribution in [3.05, 3.63) is 0 Å². The Balaban J connectivity index is 4.56. The van der Waals surface area contributed by atoms with Gasteiger partial charge in [-0.15, -0.1) is 0 Å². The number of hydrogen-bond acceptors (Lipinski definition) is 6. The molecule has 20 heavy (non-hydrogen) atoms. The molecule has 3 atom stereocenters. The van der Waals surface area contributed by atoms with Crippen molar-refractivity contribution in [1.29, 1.82) is 0 Å². The lowest BCUT2D eigenvalue weighted by Gasteiger charge is -2.32. The molecule has 0 aliphatic carbocycles. The Labute approximate surface area is 123 Å². The van der Waals surface area contributed by atoms with Crippen molar-refractivity contribution in [1.82, 2.24) is 5.32 Å². The van der Waals surface area contributed by atoms with Gasteiger partial charge in [-0.3, -0.25) is 5.32 Å². The molecule has 0 aromatic carbocycles. The normalized spacial score (nSPS) is 16.9. The van der Waals surface area contributed by atoms with Gasteiger partial charge in [0.1, 0.15) is 6.23 Å². The summed E-state index contributed by atoms with van der Waals surface area (Å²) >= 11 is 0. The summed E-state index contributed by atoms with van der Waals surface area (Å²) in [7, 11) is -2.78. The van der Waals surface area contributed by atoms with Gasteiger partial charge >= 0.3 is 8.80 Å². The summed E-state index contributed by atoms with van der Waals surface area (Å²) in [5.41, 5.74) is 0. The van der Waals surface area contributed by atoms with Crippen LogP contribution in [0.4, 0.5) is 0 Å². The molecule has 0 aliphatic rings. The first-order valence-corrected chi connectivity index (χ1v) is 9.35. The lowest BCUT2D eigenvalue weighted by Crippen LogP contribution is -2.50. The Hall–Kier alpha value is -0.0231. The van der Waals surface area contributed by atoms with Gasteiger partial charge in [0.2, 0.25) is 0 Å². The van der Waals surface area contributed by atoms with Crippen molar-refractivity contribution < 1.29 is 23.5 Å². The van der Waals surface area contributed by atoms with E-state index in [9.17, 15) is 10.2 Å². The van der Waals surface area contributed by atoms with Gasteiger partial charge in [-0.05, 0) is 47.6 Å². The Morgan fingerprint density at radius 1 is 1.05 bits per heavy atom. The molecule has 0 saturated heterocycles. The van der Waals surface area contributed by atoms with Gasteiger partial charge in [0.25, 0.3) is 0 Å². The average Bonchev–Trinajstić information content (AvgIpc) is 2.35. The van der Waals surface area contributed by atoms with Crippen LogP contribution in [0.5, 0.6) is 0 Å². The summed E-state index contributed by atoms with van der Waals surface area (Å²) in [4.78, 5) is 0. The first-order valence-electron chi connectivity index (χ1n) is 7.42. The van der Waals surface area contributed by atoms with Gasteiger partial charge < -0.3 is 23.5 Å². The molecule has 0 aliphatic heterocycles. The summed E-state index contributed by atoms with van der Waals surface area (Å²) in [6.45, 7) is 10.7. The standard InChI is InChI=1S/C13H31NO5Si/c1-6-17-20(18-7-2,19-12(4)11(3)15)10-8-9-14-13(5)16/h11-16H,6-10H2,1-5H3. The highest BCUT2D eigenvalue weighted by Gasteiger charge is 2.42. The van der Waals surface area contributed by atoms with Crippen LogP contribution in [0.1, 0.15) is 41.0 Å². The van der Waals surface area contributed by atoms with E-state index in [1.807, 2.05) is 20.8 Å². The van der Waals surface area contributed by atoms with Crippen LogP contribution in [0.25, 0.3) is 0 Å². The monoisotopic (exact) mass is 309 g/mol. The van der Waals surface area contributed by atoms with Crippen LogP contribution in [0.3, 0.4) is 0 Å². The van der Waals surface area contributed by atoms with E-state index in [0.29, 0.717) is 25.8 Å². The molecule has 0 saturated carbocycles. The van der Waals surface area contributed by atoms with E-state index in [2.05, 4.69) is 5.32 Å². The third kappa shape index (κ3) is 8.31. The Kier molecular flexibility index (Phi) is 10.7. The minimum atomic E-state index is -2.78. The van der Waals surface area contributed by atoms with E-state index >= 15 is 0 Å². The molecular weight excluding hydrogens is 278 g/mol. The van der Waals surface area contributed by atoms with Crippen molar-refractivity contribution in [3.63, 3.8) is 0 Å². The van der Waals surface area contributed by atoms with Gasteiger partial charge in [0, 0.05) is 19.3 Å². The molecule has 3 N–H and O–H groups in total. The summed E-state index contributed by atoms with van der Waals surface area (Å²) < 4.78 is 17.5. The van der Waals surface area contributed by atoms with Crippen LogP contribution < -0.4 is 5.32 Å². The molecule has 0 fully saturated rings. The molecule has 0 aromatic rings. The molecule has 6 nitrogen and oxygen atoms in total. The van der Waals surface area contributed by atoms with E-state index in [-0.39, 0.29) is 6.10 Å². The molecule has 7 heteroatoms. The van der Waals surface area contributed by atoms with Crippen LogP contribution in [0.2, 0.25) is 6.04 Å². The lowest BCUT2D eigenvalue weighted by molar-refractivity contribution is -0.0129. The highest BCUT2D eigenvalue weighted by Crippen LogP contribution is 2.21. The van der Waals surface area contributed by atoms with Crippen molar-refractivity contribution in [2.75, 3.05) is 19.8 Å². The predicted octanol–water partition coefficient (Wildman–Crippen LogP) is 1.10. The quantitative estimate of drug-likeness (QED) is 0.285. The Morgan fingerprint density at radius 2 is 1.60 bits per heavy atom. The maximum atomic E-state index is 9.61. The predicted molar refractivity (Wildman–Crippen MR) is 80.3 cm³/mol. The average molecular weight is 309 g/mol. The van der Waals surface area contributed by atoms with Crippen molar-refractivity contribution in [2.45, 2.75) is 65.5 Å². The maximum absolute atomic E-state index is 9.61. The molecule has 0 bridgehead atoms. The smallest absolute Gasteiger partial charge is 0.391 e. The van der Waals surface area contributed by atoms with Crippen LogP contribution in [-0.2, 0) is 13.3 Å². The van der Waals surface area contributed by atoms with E-state index in [1.165, 1.54) is 0 Å².